The van der Waals surface area contributed by atoms with Crippen LogP contribution in [0.4, 0.5) is 8.78 Å². The fourth-order valence-corrected chi connectivity index (χ4v) is 4.91. The topological polar surface area (TPSA) is 91.5 Å². The first-order valence-electron chi connectivity index (χ1n) is 13.8. The summed E-state index contributed by atoms with van der Waals surface area (Å²) in [5, 5.41) is 1.98. The number of pyridine rings is 1. The molecular formula is C31H37F2N3O4S. The average Bonchev–Trinajstić information content (AvgIpc) is 2.96. The van der Waals surface area contributed by atoms with E-state index in [2.05, 4.69) is 10.3 Å². The minimum atomic E-state index is -0.824. The van der Waals surface area contributed by atoms with Crippen LogP contribution in [0.5, 0.6) is 5.75 Å². The summed E-state index contributed by atoms with van der Waals surface area (Å²) in [7, 11) is 0. The number of carbonyl (C=O) groups is 2. The number of ether oxygens (including phenoxy) is 1. The Bertz CT molecular complexity index is 1410. The molecule has 10 heteroatoms. The molecule has 0 radical (unpaired) electrons. The van der Waals surface area contributed by atoms with Gasteiger partial charge in [0.1, 0.15) is 23.8 Å². The van der Waals surface area contributed by atoms with Gasteiger partial charge < -0.3 is 19.9 Å². The number of H-pyrrole nitrogens is 1. The van der Waals surface area contributed by atoms with Crippen LogP contribution < -0.4 is 15.5 Å². The van der Waals surface area contributed by atoms with Gasteiger partial charge in [0.15, 0.2) is 11.4 Å². The van der Waals surface area contributed by atoms with Gasteiger partial charge in [0.25, 0.3) is 11.8 Å². The van der Waals surface area contributed by atoms with Gasteiger partial charge in [-0.05, 0) is 37.8 Å². The van der Waals surface area contributed by atoms with E-state index in [9.17, 15) is 23.2 Å². The van der Waals surface area contributed by atoms with Crippen molar-refractivity contribution in [2.75, 3.05) is 13.1 Å². The molecule has 2 unspecified atom stereocenters. The van der Waals surface area contributed by atoms with E-state index in [1.54, 1.807) is 4.90 Å². The monoisotopic (exact) mass is 585 g/mol. The second-order valence-electron chi connectivity index (χ2n) is 9.88. The van der Waals surface area contributed by atoms with E-state index in [-0.39, 0.29) is 47.3 Å². The van der Waals surface area contributed by atoms with E-state index in [0.717, 1.165) is 24.1 Å². The summed E-state index contributed by atoms with van der Waals surface area (Å²) in [6.45, 7) is 8.19. The number of hydrogen-bond donors (Lipinski definition) is 3. The van der Waals surface area contributed by atoms with E-state index in [0.29, 0.717) is 19.5 Å². The van der Waals surface area contributed by atoms with Crippen molar-refractivity contribution in [3.63, 3.8) is 0 Å². The highest BCUT2D eigenvalue weighted by Gasteiger charge is 2.31. The Morgan fingerprint density at radius 3 is 2.37 bits per heavy atom. The number of nitrogens with one attached hydrogen (secondary N) is 2. The van der Waals surface area contributed by atoms with Crippen LogP contribution >= 0.6 is 12.6 Å². The van der Waals surface area contributed by atoms with Gasteiger partial charge in [-0.3, -0.25) is 14.4 Å². The molecule has 3 rings (SSSR count). The highest BCUT2D eigenvalue weighted by Crippen LogP contribution is 2.31. The molecule has 0 aliphatic rings. The van der Waals surface area contributed by atoms with Crippen LogP contribution in [0.2, 0.25) is 0 Å². The summed E-state index contributed by atoms with van der Waals surface area (Å²) in [5.41, 5.74) is -0.111. The zero-order valence-corrected chi connectivity index (χ0v) is 24.7. The number of amides is 2. The molecule has 2 N–H and O–H groups in total. The third kappa shape index (κ3) is 7.97. The lowest BCUT2D eigenvalue weighted by Crippen LogP contribution is -2.36. The highest BCUT2D eigenvalue weighted by molar-refractivity contribution is 7.80. The minimum Gasteiger partial charge on any atom is -0.483 e. The summed E-state index contributed by atoms with van der Waals surface area (Å²) in [6, 6.07) is 12.1. The second-order valence-corrected chi connectivity index (χ2v) is 10.5. The normalized spacial score (nSPS) is 12.5. The van der Waals surface area contributed by atoms with E-state index in [4.69, 9.17) is 17.4 Å². The Balaban J connectivity index is 2.14. The van der Waals surface area contributed by atoms with Gasteiger partial charge in [-0.15, -0.1) is 0 Å². The molecule has 2 amide bonds. The van der Waals surface area contributed by atoms with Crippen molar-refractivity contribution in [2.45, 2.75) is 58.9 Å². The molecule has 41 heavy (non-hydrogen) atoms. The number of nitrogens with zero attached hydrogens (tertiary/aromatic N) is 1. The second kappa shape index (κ2) is 14.8. The van der Waals surface area contributed by atoms with Gasteiger partial charge >= 0.3 is 0 Å². The molecule has 3 aromatic rings. The molecule has 1 heterocycles. The molecule has 7 nitrogen and oxygen atoms in total. The number of benzene rings is 2. The Hall–Kier alpha value is -3.66. The summed E-state index contributed by atoms with van der Waals surface area (Å²) in [5.74, 6) is -2.87. The molecule has 0 saturated carbocycles. The van der Waals surface area contributed by atoms with Gasteiger partial charge in [-0.2, -0.15) is 12.6 Å². The standard InChI is InChI=1S/C31H37F2N3O4S/c1-5-19(4)15-24(41)26-25(30(38)34-17-21-13-14-22(32)16-23(21)33)28(37)29(40-18-20-11-9-8-10-12-20)27(35-26)31(39)36(6-2)7-3/h8-14,16,19,24,41H,5-7,15,17-18H2,1-4H3,(H,34,38)(H,35,37). The van der Waals surface area contributed by atoms with Crippen LogP contribution in [0.15, 0.2) is 53.3 Å². The lowest BCUT2D eigenvalue weighted by atomic mass is 9.97. The van der Waals surface area contributed by atoms with Crippen molar-refractivity contribution in [3.05, 3.63) is 98.5 Å². The molecule has 0 fully saturated rings. The number of hydrogen-bond acceptors (Lipinski definition) is 5. The molecule has 0 spiro atoms. The van der Waals surface area contributed by atoms with Gasteiger partial charge in [0.05, 0.1) is 0 Å². The SMILES string of the molecule is CCC(C)CC(S)c1[nH]c(C(=O)N(CC)CC)c(OCc2ccccc2)c(=O)c1C(=O)NCc1ccc(F)cc1F. The zero-order chi connectivity index (χ0) is 30.1. The molecule has 1 aromatic heterocycles. The number of aromatic amines is 1. The first-order valence-corrected chi connectivity index (χ1v) is 14.3. The van der Waals surface area contributed by atoms with Crippen molar-refractivity contribution in [2.24, 2.45) is 5.92 Å². The number of carbonyl (C=O) groups excluding carboxylic acids is 2. The van der Waals surface area contributed by atoms with E-state index >= 15 is 0 Å². The van der Waals surface area contributed by atoms with E-state index in [1.165, 1.54) is 6.07 Å². The third-order valence-electron chi connectivity index (χ3n) is 7.02. The van der Waals surface area contributed by atoms with Crippen LogP contribution in [-0.4, -0.2) is 34.8 Å². The van der Waals surface area contributed by atoms with E-state index in [1.807, 2.05) is 58.0 Å². The Morgan fingerprint density at radius 2 is 1.76 bits per heavy atom. The first kappa shape index (κ1) is 31.9. The third-order valence-corrected chi connectivity index (χ3v) is 7.49. The van der Waals surface area contributed by atoms with Crippen molar-refractivity contribution >= 4 is 24.4 Å². The van der Waals surface area contributed by atoms with Crippen molar-refractivity contribution in [3.8, 4) is 5.75 Å². The molecule has 0 aliphatic carbocycles. The molecule has 2 atom stereocenters. The van der Waals surface area contributed by atoms with Crippen molar-refractivity contribution < 1.29 is 23.1 Å². The summed E-state index contributed by atoms with van der Waals surface area (Å²) in [4.78, 5) is 45.7. The summed E-state index contributed by atoms with van der Waals surface area (Å²) >= 11 is 4.73. The molecule has 2 aromatic carbocycles. The van der Waals surface area contributed by atoms with Gasteiger partial charge in [-0.25, -0.2) is 8.78 Å². The molecule has 0 saturated heterocycles. The number of aromatic nitrogens is 1. The van der Waals surface area contributed by atoms with E-state index < -0.39 is 34.1 Å². The minimum absolute atomic E-state index is 0.0131. The fraction of sp³-hybridized carbons (Fsp3) is 0.387. The average molecular weight is 586 g/mol. The zero-order valence-electron chi connectivity index (χ0n) is 23.8. The van der Waals surface area contributed by atoms with Gasteiger partial charge in [0, 0.05) is 42.2 Å². The Kier molecular flexibility index (Phi) is 11.5. The Labute approximate surface area is 244 Å². The van der Waals surface area contributed by atoms with Crippen LogP contribution in [-0.2, 0) is 13.2 Å². The quantitative estimate of drug-likeness (QED) is 0.213. The Morgan fingerprint density at radius 1 is 1.07 bits per heavy atom. The van der Waals surface area contributed by atoms with Crippen LogP contribution in [0.3, 0.4) is 0 Å². The van der Waals surface area contributed by atoms with Gasteiger partial charge in [0.2, 0.25) is 5.43 Å². The molecule has 0 aliphatic heterocycles. The largest absolute Gasteiger partial charge is 0.483 e. The van der Waals surface area contributed by atoms with Crippen molar-refractivity contribution in [1.82, 2.24) is 15.2 Å². The molecular weight excluding hydrogens is 548 g/mol. The van der Waals surface area contributed by atoms with Crippen LogP contribution in [0, 0.1) is 17.6 Å². The number of halogens is 2. The lowest BCUT2D eigenvalue weighted by Gasteiger charge is -2.24. The van der Waals surface area contributed by atoms with Crippen LogP contribution in [0.1, 0.15) is 83.5 Å². The number of rotatable bonds is 13. The predicted octanol–water partition coefficient (Wildman–Crippen LogP) is 6.05. The molecule has 220 valence electrons. The highest BCUT2D eigenvalue weighted by atomic mass is 32.1. The predicted molar refractivity (Wildman–Crippen MR) is 158 cm³/mol. The molecule has 0 bridgehead atoms. The maximum absolute atomic E-state index is 14.2. The maximum atomic E-state index is 14.2. The summed E-state index contributed by atoms with van der Waals surface area (Å²) < 4.78 is 33.6. The maximum Gasteiger partial charge on any atom is 0.274 e. The fourth-order valence-electron chi connectivity index (χ4n) is 4.36. The van der Waals surface area contributed by atoms with Crippen molar-refractivity contribution in [1.29, 1.82) is 0 Å². The summed E-state index contributed by atoms with van der Waals surface area (Å²) in [6.07, 6.45) is 1.36. The lowest BCUT2D eigenvalue weighted by molar-refractivity contribution is 0.0759. The number of thiol groups is 1. The first-order chi connectivity index (χ1) is 19.6. The smallest absolute Gasteiger partial charge is 0.274 e. The van der Waals surface area contributed by atoms with Crippen LogP contribution in [0.25, 0.3) is 0 Å². The van der Waals surface area contributed by atoms with Gasteiger partial charge in [-0.1, -0.05) is 56.7 Å².